The zero-order chi connectivity index (χ0) is 26.9. The van der Waals surface area contributed by atoms with Crippen molar-refractivity contribution in [2.75, 3.05) is 98.9 Å². The van der Waals surface area contributed by atoms with Gasteiger partial charge in [-0.15, -0.1) is 0 Å². The van der Waals surface area contributed by atoms with Gasteiger partial charge in [0.05, 0.1) is 85.7 Å². The maximum Gasteiger partial charge on any atom is 0.410 e. The lowest BCUT2D eigenvalue weighted by atomic mass is 10.2. The molecule has 0 saturated carbocycles. The van der Waals surface area contributed by atoms with Crippen molar-refractivity contribution in [2.45, 2.75) is 32.8 Å². The Bertz CT molecular complexity index is 612. The van der Waals surface area contributed by atoms with E-state index in [0.717, 1.165) is 0 Å². The van der Waals surface area contributed by atoms with Gasteiger partial charge < -0.3 is 43.2 Å². The van der Waals surface area contributed by atoms with Crippen LogP contribution in [0.4, 0.5) is 4.79 Å². The predicted octanol–water partition coefficient (Wildman–Crippen LogP) is 2.11. The summed E-state index contributed by atoms with van der Waals surface area (Å²) in [6.07, 6.45) is -0.468. The summed E-state index contributed by atoms with van der Waals surface area (Å²) >= 11 is 0. The van der Waals surface area contributed by atoms with E-state index in [0.29, 0.717) is 85.8 Å². The molecule has 0 atom stereocenters. The van der Waals surface area contributed by atoms with E-state index < -0.39 is 17.7 Å². The number of aliphatic carboxylic acids is 1. The van der Waals surface area contributed by atoms with E-state index in [1.807, 2.05) is 0 Å². The molecule has 0 bridgehead atoms. The Hall–Kier alpha value is -2.19. The molecule has 0 aliphatic heterocycles. The lowest BCUT2D eigenvalue weighted by molar-refractivity contribution is -0.138. The van der Waals surface area contributed by atoms with Crippen molar-refractivity contribution in [3.05, 3.63) is 10.4 Å². The van der Waals surface area contributed by atoms with Gasteiger partial charge in [-0.3, -0.25) is 4.79 Å². The Kier molecular flexibility index (Phi) is 21.8. The van der Waals surface area contributed by atoms with Gasteiger partial charge in [-0.25, -0.2) is 4.79 Å². The molecule has 0 fully saturated rings. The highest BCUT2D eigenvalue weighted by Gasteiger charge is 2.21. The van der Waals surface area contributed by atoms with Crippen molar-refractivity contribution in [1.29, 1.82) is 0 Å². The molecule has 14 heteroatoms. The van der Waals surface area contributed by atoms with Crippen LogP contribution in [0.2, 0.25) is 0 Å². The number of hydrogen-bond donors (Lipinski definition) is 1. The fraction of sp³-hybridized carbons (Fsp3) is 0.909. The average Bonchev–Trinajstić information content (AvgIpc) is 2.80. The number of amides is 1. The quantitative estimate of drug-likeness (QED) is 0.0856. The number of carboxylic acids is 1. The normalized spacial score (nSPS) is 11.2. The first-order valence-electron chi connectivity index (χ1n) is 11.9. The van der Waals surface area contributed by atoms with Crippen LogP contribution in [0.1, 0.15) is 27.2 Å². The number of carbonyl (C=O) groups is 2. The smallest absolute Gasteiger partial charge is 0.410 e. The Morgan fingerprint density at radius 1 is 0.750 bits per heavy atom. The third-order valence-corrected chi connectivity index (χ3v) is 4.01. The molecule has 0 unspecified atom stereocenters. The lowest BCUT2D eigenvalue weighted by Gasteiger charge is -2.27. The number of nitrogens with zero attached hydrogens (tertiary/aromatic N) is 4. The van der Waals surface area contributed by atoms with Gasteiger partial charge in [-0.1, -0.05) is 5.11 Å². The third kappa shape index (κ3) is 24.9. The van der Waals surface area contributed by atoms with Gasteiger partial charge in [0.15, 0.2) is 0 Å². The summed E-state index contributed by atoms with van der Waals surface area (Å²) in [4.78, 5) is 27.0. The van der Waals surface area contributed by atoms with Gasteiger partial charge in [-0.05, 0) is 26.3 Å². The van der Waals surface area contributed by atoms with E-state index in [-0.39, 0.29) is 19.6 Å². The van der Waals surface area contributed by atoms with Gasteiger partial charge in [0, 0.05) is 24.5 Å². The molecule has 0 aromatic rings. The molecule has 0 aliphatic carbocycles. The maximum atomic E-state index is 12.5. The van der Waals surface area contributed by atoms with Crippen LogP contribution in [0.5, 0.6) is 0 Å². The highest BCUT2D eigenvalue weighted by molar-refractivity contribution is 5.68. The predicted molar refractivity (Wildman–Crippen MR) is 129 cm³/mol. The largest absolute Gasteiger partial charge is 0.481 e. The van der Waals surface area contributed by atoms with Crippen LogP contribution in [-0.2, 0) is 38.0 Å². The SMILES string of the molecule is CC(C)(C)OC(=O)N(CCOCCOCCN=[N+]=[N-])CCOCCOCCOCCOCCC(=O)O. The highest BCUT2D eigenvalue weighted by atomic mass is 16.6. The minimum absolute atomic E-state index is 0.0237. The number of carbonyl (C=O) groups excluding carboxylic acids is 1. The van der Waals surface area contributed by atoms with E-state index in [4.69, 9.17) is 43.8 Å². The zero-order valence-corrected chi connectivity index (χ0v) is 21.7. The summed E-state index contributed by atoms with van der Waals surface area (Å²) in [7, 11) is 0. The second-order valence-corrected chi connectivity index (χ2v) is 8.24. The van der Waals surface area contributed by atoms with Crippen LogP contribution < -0.4 is 0 Å². The fourth-order valence-electron chi connectivity index (χ4n) is 2.36. The number of rotatable bonds is 24. The second-order valence-electron chi connectivity index (χ2n) is 8.24. The molecule has 36 heavy (non-hydrogen) atoms. The van der Waals surface area contributed by atoms with Gasteiger partial charge in [-0.2, -0.15) is 0 Å². The van der Waals surface area contributed by atoms with Gasteiger partial charge >= 0.3 is 12.1 Å². The molecule has 0 aliphatic rings. The van der Waals surface area contributed by atoms with Crippen molar-refractivity contribution in [2.24, 2.45) is 5.11 Å². The second kappa shape index (κ2) is 23.2. The fourth-order valence-corrected chi connectivity index (χ4v) is 2.36. The Labute approximate surface area is 212 Å². The van der Waals surface area contributed by atoms with Crippen LogP contribution >= 0.6 is 0 Å². The first-order valence-corrected chi connectivity index (χ1v) is 11.9. The molecule has 0 saturated heterocycles. The molecule has 210 valence electrons. The molecule has 0 aromatic heterocycles. The Morgan fingerprint density at radius 3 is 1.58 bits per heavy atom. The molecular weight excluding hydrogens is 480 g/mol. The van der Waals surface area contributed by atoms with Crippen LogP contribution in [0.25, 0.3) is 10.4 Å². The summed E-state index contributed by atoms with van der Waals surface area (Å²) in [5.41, 5.74) is 7.58. The monoisotopic (exact) mass is 522 g/mol. The molecule has 0 spiro atoms. The zero-order valence-electron chi connectivity index (χ0n) is 21.7. The van der Waals surface area contributed by atoms with E-state index in [9.17, 15) is 9.59 Å². The number of carboxylic acid groups (broad SMARTS) is 1. The van der Waals surface area contributed by atoms with E-state index >= 15 is 0 Å². The Morgan fingerprint density at radius 2 is 1.17 bits per heavy atom. The summed E-state index contributed by atoms with van der Waals surface area (Å²) < 4.78 is 37.6. The number of hydrogen-bond acceptors (Lipinski definition) is 10. The topological polar surface area (TPSA) is 171 Å². The van der Waals surface area contributed by atoms with Gasteiger partial charge in [0.1, 0.15) is 5.60 Å². The van der Waals surface area contributed by atoms with E-state index in [2.05, 4.69) is 10.0 Å². The molecule has 0 heterocycles. The van der Waals surface area contributed by atoms with Crippen molar-refractivity contribution < 1.29 is 47.9 Å². The molecule has 1 amide bonds. The molecular formula is C22H42N4O10. The molecule has 0 radical (unpaired) electrons. The Balaban J connectivity index is 3.88. The number of azide groups is 1. The van der Waals surface area contributed by atoms with Crippen molar-refractivity contribution in [3.8, 4) is 0 Å². The lowest BCUT2D eigenvalue weighted by Crippen LogP contribution is -2.40. The third-order valence-electron chi connectivity index (χ3n) is 4.01. The van der Waals surface area contributed by atoms with Crippen LogP contribution in [0.3, 0.4) is 0 Å². The average molecular weight is 523 g/mol. The summed E-state index contributed by atoms with van der Waals surface area (Å²) in [5, 5.41) is 11.9. The molecule has 0 rings (SSSR count). The van der Waals surface area contributed by atoms with Gasteiger partial charge in [0.25, 0.3) is 0 Å². The van der Waals surface area contributed by atoms with Gasteiger partial charge in [0.2, 0.25) is 0 Å². The summed E-state index contributed by atoms with van der Waals surface area (Å²) in [6, 6.07) is 0. The van der Waals surface area contributed by atoms with Crippen LogP contribution in [0, 0.1) is 0 Å². The standard InChI is InChI=1S/C22H42N4O10/c1-22(2,3)36-21(29)26(6-10-32-14-13-31-9-5-24-25-23)7-11-33-15-17-35-19-18-34-16-12-30-8-4-20(27)28/h4-19H2,1-3H3,(H,27,28). The highest BCUT2D eigenvalue weighted by Crippen LogP contribution is 2.10. The minimum atomic E-state index is -0.892. The van der Waals surface area contributed by atoms with Crippen molar-refractivity contribution in [1.82, 2.24) is 4.90 Å². The minimum Gasteiger partial charge on any atom is -0.481 e. The van der Waals surface area contributed by atoms with Crippen LogP contribution in [0.15, 0.2) is 5.11 Å². The van der Waals surface area contributed by atoms with Crippen LogP contribution in [-0.4, -0.2) is 127 Å². The van der Waals surface area contributed by atoms with Crippen molar-refractivity contribution >= 4 is 12.1 Å². The maximum absolute atomic E-state index is 12.5. The first kappa shape index (κ1) is 33.8. The first-order chi connectivity index (χ1) is 17.3. The summed E-state index contributed by atoms with van der Waals surface area (Å²) in [6.45, 7) is 10.4. The number of ether oxygens (including phenoxy) is 7. The van der Waals surface area contributed by atoms with E-state index in [1.54, 1.807) is 20.8 Å². The van der Waals surface area contributed by atoms with E-state index in [1.165, 1.54) is 4.90 Å². The molecule has 1 N–H and O–H groups in total. The molecule has 0 aromatic carbocycles. The summed E-state index contributed by atoms with van der Waals surface area (Å²) in [5.74, 6) is -0.892. The van der Waals surface area contributed by atoms with Crippen molar-refractivity contribution in [3.63, 3.8) is 0 Å². The molecule has 14 nitrogen and oxygen atoms in total.